The van der Waals surface area contributed by atoms with Crippen LogP contribution in [0.3, 0.4) is 0 Å². The number of hydrogen-bond donors (Lipinski definition) is 0. The van der Waals surface area contributed by atoms with Gasteiger partial charge in [-0.1, -0.05) is 24.3 Å². The zero-order valence-electron chi connectivity index (χ0n) is 17.9. The minimum Gasteiger partial charge on any atom is -0.495 e. The number of carbonyl (C=O) groups excluding carboxylic acids is 1. The van der Waals surface area contributed by atoms with Gasteiger partial charge in [0.05, 0.1) is 19.1 Å². The van der Waals surface area contributed by atoms with E-state index in [1.165, 1.54) is 11.4 Å². The second kappa shape index (κ2) is 8.95. The van der Waals surface area contributed by atoms with E-state index in [4.69, 9.17) is 4.74 Å². The van der Waals surface area contributed by atoms with E-state index in [-0.39, 0.29) is 5.91 Å². The number of amides is 1. The molecule has 1 aliphatic rings. The van der Waals surface area contributed by atoms with Crippen LogP contribution in [-0.2, 0) is 14.8 Å². The number of benzene rings is 2. The molecule has 1 amide bonds. The van der Waals surface area contributed by atoms with Gasteiger partial charge < -0.3 is 14.5 Å². The molecule has 0 saturated carbocycles. The van der Waals surface area contributed by atoms with Crippen LogP contribution in [0.1, 0.15) is 12.5 Å². The number of para-hydroxylation sites is 1. The maximum absolute atomic E-state index is 13.2. The summed E-state index contributed by atoms with van der Waals surface area (Å²) in [6.07, 6.45) is 1.12. The normalized spacial score (nSPS) is 15.6. The second-order valence-corrected chi connectivity index (χ2v) is 9.42. The van der Waals surface area contributed by atoms with Crippen molar-refractivity contribution >= 4 is 27.3 Å². The molecule has 1 saturated heterocycles. The maximum Gasteiger partial charge on any atom is 0.246 e. The van der Waals surface area contributed by atoms with E-state index >= 15 is 0 Å². The lowest BCUT2D eigenvalue weighted by atomic mass is 10.1. The summed E-state index contributed by atoms with van der Waals surface area (Å²) in [5.41, 5.74) is 2.39. The predicted octanol–water partition coefficient (Wildman–Crippen LogP) is 2.51. The van der Waals surface area contributed by atoms with E-state index in [1.54, 1.807) is 24.0 Å². The zero-order chi connectivity index (χ0) is 21.9. The molecule has 2 aromatic carbocycles. The second-order valence-electron chi connectivity index (χ2n) is 7.56. The standard InChI is InChI=1S/C22H29N3O4S/c1-17-10-11-21(29-3)20(16-17)25(30(4,27)28)18(2)22(26)24-14-12-23(13-15-24)19-8-6-5-7-9-19/h5-11,16,18H,12-15H2,1-4H3/t18-/m0/s1. The number of anilines is 2. The number of ether oxygens (including phenoxy) is 1. The van der Waals surface area contributed by atoms with Crippen LogP contribution in [0.4, 0.5) is 11.4 Å². The molecule has 1 fully saturated rings. The van der Waals surface area contributed by atoms with Gasteiger partial charge in [-0.2, -0.15) is 0 Å². The molecule has 7 nitrogen and oxygen atoms in total. The molecule has 1 aliphatic heterocycles. The van der Waals surface area contributed by atoms with Crippen molar-refractivity contribution < 1.29 is 17.9 Å². The highest BCUT2D eigenvalue weighted by Crippen LogP contribution is 2.33. The number of methoxy groups -OCH3 is 1. The molecule has 0 unspecified atom stereocenters. The molecule has 0 bridgehead atoms. The molecular formula is C22H29N3O4S. The Bertz CT molecular complexity index is 987. The quantitative estimate of drug-likeness (QED) is 0.703. The maximum atomic E-state index is 13.2. The number of nitrogens with zero attached hydrogens (tertiary/aromatic N) is 3. The van der Waals surface area contributed by atoms with Gasteiger partial charge in [0.15, 0.2) is 0 Å². The van der Waals surface area contributed by atoms with E-state index in [0.717, 1.165) is 17.5 Å². The first-order valence-electron chi connectivity index (χ1n) is 9.95. The Morgan fingerprint density at radius 3 is 2.27 bits per heavy atom. The summed E-state index contributed by atoms with van der Waals surface area (Å²) in [5.74, 6) is 0.205. The van der Waals surface area contributed by atoms with Crippen molar-refractivity contribution in [2.45, 2.75) is 19.9 Å². The van der Waals surface area contributed by atoms with Gasteiger partial charge >= 0.3 is 0 Å². The molecule has 8 heteroatoms. The molecular weight excluding hydrogens is 402 g/mol. The molecule has 0 aromatic heterocycles. The Hall–Kier alpha value is -2.74. The van der Waals surface area contributed by atoms with Gasteiger partial charge in [-0.3, -0.25) is 9.10 Å². The Kier molecular flexibility index (Phi) is 6.55. The van der Waals surface area contributed by atoms with Crippen molar-refractivity contribution in [3.63, 3.8) is 0 Å². The third-order valence-corrected chi connectivity index (χ3v) is 6.58. The summed E-state index contributed by atoms with van der Waals surface area (Å²) in [4.78, 5) is 17.2. The minimum absolute atomic E-state index is 0.211. The van der Waals surface area contributed by atoms with E-state index in [1.807, 2.05) is 31.2 Å². The lowest BCUT2D eigenvalue weighted by Crippen LogP contribution is -2.55. The van der Waals surface area contributed by atoms with Crippen molar-refractivity contribution in [1.29, 1.82) is 0 Å². The molecule has 1 heterocycles. The van der Waals surface area contributed by atoms with Gasteiger partial charge in [0.2, 0.25) is 15.9 Å². The van der Waals surface area contributed by atoms with Crippen molar-refractivity contribution in [3.05, 3.63) is 54.1 Å². The first kappa shape index (κ1) is 22.0. The van der Waals surface area contributed by atoms with Crippen LogP contribution in [0.2, 0.25) is 0 Å². The van der Waals surface area contributed by atoms with Gasteiger partial charge in [0.1, 0.15) is 11.8 Å². The molecule has 162 valence electrons. The Labute approximate surface area is 178 Å². The van der Waals surface area contributed by atoms with Gasteiger partial charge in [0, 0.05) is 31.9 Å². The zero-order valence-corrected chi connectivity index (χ0v) is 18.7. The van der Waals surface area contributed by atoms with E-state index in [0.29, 0.717) is 37.6 Å². The van der Waals surface area contributed by atoms with Crippen molar-refractivity contribution in [2.75, 3.05) is 48.7 Å². The average molecular weight is 432 g/mol. The molecule has 30 heavy (non-hydrogen) atoms. The summed E-state index contributed by atoms with van der Waals surface area (Å²) >= 11 is 0. The highest BCUT2D eigenvalue weighted by Gasteiger charge is 2.34. The van der Waals surface area contributed by atoms with Crippen molar-refractivity contribution in [3.8, 4) is 5.75 Å². The van der Waals surface area contributed by atoms with Crippen LogP contribution >= 0.6 is 0 Å². The molecule has 0 aliphatic carbocycles. The Morgan fingerprint density at radius 2 is 1.70 bits per heavy atom. The molecule has 0 N–H and O–H groups in total. The summed E-state index contributed by atoms with van der Waals surface area (Å²) in [5, 5.41) is 0. The van der Waals surface area contributed by atoms with Crippen molar-refractivity contribution in [2.24, 2.45) is 0 Å². The number of aryl methyl sites for hydroxylation is 1. The molecule has 2 aromatic rings. The van der Waals surface area contributed by atoms with Crippen LogP contribution in [0.25, 0.3) is 0 Å². The largest absolute Gasteiger partial charge is 0.495 e. The summed E-state index contributed by atoms with van der Waals surface area (Å²) in [7, 11) is -2.22. The van der Waals surface area contributed by atoms with E-state index in [9.17, 15) is 13.2 Å². The van der Waals surface area contributed by atoms with E-state index < -0.39 is 16.1 Å². The monoisotopic (exact) mass is 431 g/mol. The SMILES string of the molecule is COc1ccc(C)cc1N([C@@H](C)C(=O)N1CCN(c2ccccc2)CC1)S(C)(=O)=O. The van der Waals surface area contributed by atoms with Gasteiger partial charge in [-0.15, -0.1) is 0 Å². The first-order chi connectivity index (χ1) is 14.2. The van der Waals surface area contributed by atoms with Crippen LogP contribution in [0.5, 0.6) is 5.75 Å². The van der Waals surface area contributed by atoms with Crippen LogP contribution in [0.15, 0.2) is 48.5 Å². The average Bonchev–Trinajstić information content (AvgIpc) is 2.73. The smallest absolute Gasteiger partial charge is 0.246 e. The Morgan fingerprint density at radius 1 is 1.07 bits per heavy atom. The fourth-order valence-electron chi connectivity index (χ4n) is 3.84. The molecule has 1 atom stereocenters. The highest BCUT2D eigenvalue weighted by molar-refractivity contribution is 7.92. The van der Waals surface area contributed by atoms with Gasteiger partial charge in [-0.05, 0) is 43.7 Å². The molecule has 0 spiro atoms. The third kappa shape index (κ3) is 4.70. The number of hydrogen-bond acceptors (Lipinski definition) is 5. The predicted molar refractivity (Wildman–Crippen MR) is 120 cm³/mol. The Balaban J connectivity index is 1.80. The number of carbonyl (C=O) groups is 1. The summed E-state index contributed by atoms with van der Waals surface area (Å²) < 4.78 is 31.9. The topological polar surface area (TPSA) is 70.2 Å². The minimum atomic E-state index is -3.71. The number of sulfonamides is 1. The fraction of sp³-hybridized carbons (Fsp3) is 0.409. The number of rotatable bonds is 6. The molecule has 0 radical (unpaired) electrons. The van der Waals surface area contributed by atoms with E-state index in [2.05, 4.69) is 17.0 Å². The third-order valence-electron chi connectivity index (χ3n) is 5.35. The van der Waals surface area contributed by atoms with Gasteiger partial charge in [0.25, 0.3) is 0 Å². The van der Waals surface area contributed by atoms with Crippen molar-refractivity contribution in [1.82, 2.24) is 4.90 Å². The first-order valence-corrected chi connectivity index (χ1v) is 11.8. The van der Waals surface area contributed by atoms with Gasteiger partial charge in [-0.25, -0.2) is 8.42 Å². The molecule has 3 rings (SSSR count). The fourth-order valence-corrected chi connectivity index (χ4v) is 5.00. The lowest BCUT2D eigenvalue weighted by Gasteiger charge is -2.39. The summed E-state index contributed by atoms with van der Waals surface area (Å²) in [6, 6.07) is 14.5. The van der Waals surface area contributed by atoms with Crippen LogP contribution < -0.4 is 13.9 Å². The van der Waals surface area contributed by atoms with Crippen LogP contribution in [-0.4, -0.2) is 64.8 Å². The van der Waals surface area contributed by atoms with Crippen LogP contribution in [0, 0.1) is 6.92 Å². The summed E-state index contributed by atoms with van der Waals surface area (Å²) in [6.45, 7) is 6.00. The number of piperazine rings is 1. The lowest BCUT2D eigenvalue weighted by molar-refractivity contribution is -0.132. The highest BCUT2D eigenvalue weighted by atomic mass is 32.2.